The van der Waals surface area contributed by atoms with Gasteiger partial charge < -0.3 is 10.6 Å². The summed E-state index contributed by atoms with van der Waals surface area (Å²) in [4.78, 5) is 16.3. The van der Waals surface area contributed by atoms with Gasteiger partial charge in [-0.1, -0.05) is 35.3 Å². The lowest BCUT2D eigenvalue weighted by Gasteiger charge is -2.11. The Morgan fingerprint density at radius 3 is 2.65 bits per heavy atom. The molecule has 0 unspecified atom stereocenters. The van der Waals surface area contributed by atoms with Gasteiger partial charge in [0.05, 0.1) is 21.3 Å². The van der Waals surface area contributed by atoms with Crippen LogP contribution in [0.15, 0.2) is 30.5 Å². The molecule has 104 valence electrons. The average molecular weight is 310 g/mol. The summed E-state index contributed by atoms with van der Waals surface area (Å²) in [6.07, 6.45) is 1.43. The molecule has 2 rings (SSSR count). The van der Waals surface area contributed by atoms with Crippen molar-refractivity contribution >= 4 is 40.6 Å². The molecule has 0 aliphatic carbocycles. The fourth-order valence-corrected chi connectivity index (χ4v) is 2.18. The van der Waals surface area contributed by atoms with E-state index in [0.29, 0.717) is 22.1 Å². The van der Waals surface area contributed by atoms with Crippen molar-refractivity contribution < 1.29 is 4.79 Å². The van der Waals surface area contributed by atoms with E-state index in [4.69, 9.17) is 23.2 Å². The van der Waals surface area contributed by atoms with E-state index in [1.807, 2.05) is 19.1 Å². The molecule has 2 N–H and O–H groups in total. The Morgan fingerprint density at radius 2 is 2.00 bits per heavy atom. The minimum Gasteiger partial charge on any atom is -0.373 e. The fraction of sp³-hybridized carbons (Fsp3) is 0.143. The van der Waals surface area contributed by atoms with Crippen LogP contribution in [0.4, 0.5) is 11.5 Å². The lowest BCUT2D eigenvalue weighted by molar-refractivity contribution is 0.102. The first-order valence-corrected chi connectivity index (χ1v) is 6.68. The van der Waals surface area contributed by atoms with E-state index in [1.165, 1.54) is 6.20 Å². The van der Waals surface area contributed by atoms with Crippen molar-refractivity contribution in [3.05, 3.63) is 51.6 Å². The van der Waals surface area contributed by atoms with Gasteiger partial charge in [0.15, 0.2) is 0 Å². The highest BCUT2D eigenvalue weighted by Gasteiger charge is 2.14. The molecule has 0 bridgehead atoms. The highest BCUT2D eigenvalue weighted by atomic mass is 35.5. The highest BCUT2D eigenvalue weighted by molar-refractivity contribution is 6.36. The lowest BCUT2D eigenvalue weighted by atomic mass is 10.2. The van der Waals surface area contributed by atoms with Gasteiger partial charge >= 0.3 is 0 Å². The van der Waals surface area contributed by atoms with Crippen LogP contribution in [0.25, 0.3) is 0 Å². The second kappa shape index (κ2) is 6.11. The molecule has 6 heteroatoms. The number of hydrogen-bond acceptors (Lipinski definition) is 3. The molecule has 0 aliphatic rings. The van der Waals surface area contributed by atoms with Crippen LogP contribution >= 0.6 is 23.2 Å². The van der Waals surface area contributed by atoms with Gasteiger partial charge in [0, 0.05) is 13.2 Å². The molecule has 0 aliphatic heterocycles. The summed E-state index contributed by atoms with van der Waals surface area (Å²) in [7, 11) is 1.72. The van der Waals surface area contributed by atoms with Crippen LogP contribution in [-0.2, 0) is 0 Å². The van der Waals surface area contributed by atoms with Gasteiger partial charge in [0.2, 0.25) is 0 Å². The molecule has 1 aromatic heterocycles. The Morgan fingerprint density at radius 1 is 1.25 bits per heavy atom. The van der Waals surface area contributed by atoms with Crippen LogP contribution in [0.1, 0.15) is 15.9 Å². The van der Waals surface area contributed by atoms with Crippen molar-refractivity contribution in [2.45, 2.75) is 6.92 Å². The van der Waals surface area contributed by atoms with Crippen LogP contribution in [0.3, 0.4) is 0 Å². The van der Waals surface area contributed by atoms with E-state index >= 15 is 0 Å². The Hall–Kier alpha value is -1.78. The second-order valence-electron chi connectivity index (χ2n) is 4.19. The molecule has 0 radical (unpaired) electrons. The number of pyridine rings is 1. The topological polar surface area (TPSA) is 54.0 Å². The predicted octanol–water partition coefficient (Wildman–Crippen LogP) is 3.99. The number of halogens is 2. The number of benzene rings is 1. The Kier molecular flexibility index (Phi) is 4.47. The zero-order valence-electron chi connectivity index (χ0n) is 11.0. The number of anilines is 2. The van der Waals surface area contributed by atoms with Crippen molar-refractivity contribution in [2.24, 2.45) is 0 Å². The van der Waals surface area contributed by atoms with Crippen LogP contribution in [-0.4, -0.2) is 17.9 Å². The van der Waals surface area contributed by atoms with E-state index in [9.17, 15) is 4.79 Å². The van der Waals surface area contributed by atoms with Gasteiger partial charge in [0.25, 0.3) is 5.91 Å². The van der Waals surface area contributed by atoms with Gasteiger partial charge in [-0.05, 0) is 24.6 Å². The molecule has 0 atom stereocenters. The Balaban J connectivity index is 2.33. The van der Waals surface area contributed by atoms with Crippen molar-refractivity contribution in [1.29, 1.82) is 0 Å². The van der Waals surface area contributed by atoms with Gasteiger partial charge in [-0.3, -0.25) is 4.79 Å². The SMILES string of the molecule is CNc1cc(C(=O)Nc2c(C)cccc2Cl)c(Cl)cn1. The normalized spacial score (nSPS) is 10.2. The Bertz CT molecular complexity index is 639. The minimum atomic E-state index is -0.329. The second-order valence-corrected chi connectivity index (χ2v) is 5.00. The van der Waals surface area contributed by atoms with E-state index in [-0.39, 0.29) is 10.9 Å². The summed E-state index contributed by atoms with van der Waals surface area (Å²) in [6, 6.07) is 7.00. The molecule has 1 amide bonds. The average Bonchev–Trinajstić information content (AvgIpc) is 2.43. The standard InChI is InChI=1S/C14H13Cl2N3O/c1-8-4-3-5-10(15)13(8)19-14(20)9-6-12(17-2)18-7-11(9)16/h3-7H,1-2H3,(H,17,18)(H,19,20). The van der Waals surface area contributed by atoms with Gasteiger partial charge in [0.1, 0.15) is 5.82 Å². The van der Waals surface area contributed by atoms with Crippen molar-refractivity contribution in [3.8, 4) is 0 Å². The smallest absolute Gasteiger partial charge is 0.257 e. The maximum Gasteiger partial charge on any atom is 0.257 e. The van der Waals surface area contributed by atoms with Gasteiger partial charge in [-0.25, -0.2) is 4.98 Å². The summed E-state index contributed by atoms with van der Waals surface area (Å²) in [5.74, 6) is 0.237. The van der Waals surface area contributed by atoms with E-state index in [2.05, 4.69) is 15.6 Å². The van der Waals surface area contributed by atoms with Gasteiger partial charge in [-0.15, -0.1) is 0 Å². The third kappa shape index (κ3) is 3.03. The number of hydrogen-bond donors (Lipinski definition) is 2. The van der Waals surface area contributed by atoms with E-state index in [0.717, 1.165) is 5.56 Å². The fourth-order valence-electron chi connectivity index (χ4n) is 1.72. The summed E-state index contributed by atoms with van der Waals surface area (Å²) < 4.78 is 0. The van der Waals surface area contributed by atoms with Crippen molar-refractivity contribution in [3.63, 3.8) is 0 Å². The summed E-state index contributed by atoms with van der Waals surface area (Å²) in [5.41, 5.74) is 1.80. The molecular weight excluding hydrogens is 297 g/mol. The maximum atomic E-state index is 12.3. The Labute approximate surface area is 127 Å². The van der Waals surface area contributed by atoms with Crippen LogP contribution < -0.4 is 10.6 Å². The molecule has 0 fully saturated rings. The van der Waals surface area contributed by atoms with E-state index in [1.54, 1.807) is 19.2 Å². The number of aryl methyl sites for hydroxylation is 1. The first-order valence-electron chi connectivity index (χ1n) is 5.92. The number of para-hydroxylation sites is 1. The van der Waals surface area contributed by atoms with Crippen LogP contribution in [0.5, 0.6) is 0 Å². The minimum absolute atomic E-state index is 0.284. The predicted molar refractivity (Wildman–Crippen MR) is 82.9 cm³/mol. The zero-order valence-corrected chi connectivity index (χ0v) is 12.5. The summed E-state index contributed by atoms with van der Waals surface area (Å²) in [5, 5.41) is 6.40. The summed E-state index contributed by atoms with van der Waals surface area (Å²) in [6.45, 7) is 1.87. The third-order valence-electron chi connectivity index (χ3n) is 2.82. The van der Waals surface area contributed by atoms with Crippen molar-refractivity contribution in [1.82, 2.24) is 4.98 Å². The lowest BCUT2D eigenvalue weighted by Crippen LogP contribution is -2.14. The number of nitrogens with one attached hydrogen (secondary N) is 2. The largest absolute Gasteiger partial charge is 0.373 e. The number of carbonyl (C=O) groups is 1. The zero-order chi connectivity index (χ0) is 14.7. The maximum absolute atomic E-state index is 12.3. The summed E-state index contributed by atoms with van der Waals surface area (Å²) >= 11 is 12.1. The first-order chi connectivity index (χ1) is 9.52. The monoisotopic (exact) mass is 309 g/mol. The molecule has 4 nitrogen and oxygen atoms in total. The van der Waals surface area contributed by atoms with Crippen LogP contribution in [0.2, 0.25) is 10.0 Å². The molecule has 2 aromatic rings. The van der Waals surface area contributed by atoms with E-state index < -0.39 is 0 Å². The molecular formula is C14H13Cl2N3O. The number of rotatable bonds is 3. The molecule has 0 saturated carbocycles. The number of aromatic nitrogens is 1. The van der Waals surface area contributed by atoms with Gasteiger partial charge in [-0.2, -0.15) is 0 Å². The molecule has 0 spiro atoms. The quantitative estimate of drug-likeness (QED) is 0.901. The molecule has 1 aromatic carbocycles. The van der Waals surface area contributed by atoms with Crippen LogP contribution in [0, 0.1) is 6.92 Å². The molecule has 0 saturated heterocycles. The first kappa shape index (κ1) is 14.6. The number of carbonyl (C=O) groups excluding carboxylic acids is 1. The number of amides is 1. The third-order valence-corrected chi connectivity index (χ3v) is 3.43. The molecule has 1 heterocycles. The number of nitrogens with zero attached hydrogens (tertiary/aromatic N) is 1. The molecule has 20 heavy (non-hydrogen) atoms. The van der Waals surface area contributed by atoms with Crippen molar-refractivity contribution in [2.75, 3.05) is 17.7 Å². The highest BCUT2D eigenvalue weighted by Crippen LogP contribution is 2.27.